The first-order valence-corrected chi connectivity index (χ1v) is 12.1. The van der Waals surface area contributed by atoms with Crippen molar-refractivity contribution in [2.24, 2.45) is 0 Å². The van der Waals surface area contributed by atoms with E-state index >= 15 is 0 Å². The minimum atomic E-state index is -1.91. The number of benzene rings is 1. The molecule has 1 aliphatic carbocycles. The molecule has 0 saturated heterocycles. The first-order chi connectivity index (χ1) is 16.7. The lowest BCUT2D eigenvalue weighted by molar-refractivity contribution is -0.172. The lowest BCUT2D eigenvalue weighted by atomic mass is 9.66. The van der Waals surface area contributed by atoms with Crippen LogP contribution in [0.3, 0.4) is 0 Å². The molecular weight excluding hydrogens is 451 g/mol. The van der Waals surface area contributed by atoms with E-state index in [1.807, 2.05) is 6.92 Å². The van der Waals surface area contributed by atoms with Gasteiger partial charge in [0.1, 0.15) is 12.4 Å². The third kappa shape index (κ3) is 2.64. The van der Waals surface area contributed by atoms with Crippen molar-refractivity contribution in [2.75, 3.05) is 6.61 Å². The molecule has 2 N–H and O–H groups in total. The van der Waals surface area contributed by atoms with Crippen LogP contribution in [-0.4, -0.2) is 32.3 Å². The average molecular weight is 479 g/mol. The molecule has 0 spiro atoms. The van der Waals surface area contributed by atoms with Gasteiger partial charge in [-0.1, -0.05) is 13.8 Å². The standard InChI is InChI=1S/C27H27FN2O5/c1-4-26(12-31)7-6-14-13(3)18(28)9-19-21(14)22(26)15-10-30-20(23(15)29-19)8-17-16(24(30)32)11-35-25(33)27(17,34)5-2/h8-9,31,34H,4-7,10-12H2,1-3H3/t26?,27-/m0/s1. The van der Waals surface area contributed by atoms with Crippen molar-refractivity contribution in [1.29, 1.82) is 0 Å². The molecule has 2 aromatic heterocycles. The number of aliphatic hydroxyl groups excluding tert-OH is 1. The number of aliphatic hydroxyl groups is 2. The van der Waals surface area contributed by atoms with Gasteiger partial charge in [-0.2, -0.15) is 0 Å². The number of carbonyl (C=O) groups excluding carboxylic acids is 1. The third-order valence-electron chi connectivity index (χ3n) is 8.67. The molecule has 3 aliphatic rings. The number of rotatable bonds is 3. The monoisotopic (exact) mass is 478 g/mol. The maximum Gasteiger partial charge on any atom is 0.343 e. The molecule has 0 fully saturated rings. The fraction of sp³-hybridized carbons (Fsp3) is 0.444. The summed E-state index contributed by atoms with van der Waals surface area (Å²) in [5.74, 6) is -1.10. The molecule has 6 rings (SSSR count). The van der Waals surface area contributed by atoms with Crippen LogP contribution in [0.2, 0.25) is 0 Å². The maximum absolute atomic E-state index is 14.9. The van der Waals surface area contributed by atoms with Crippen molar-refractivity contribution < 1.29 is 24.1 Å². The van der Waals surface area contributed by atoms with Gasteiger partial charge < -0.3 is 19.5 Å². The van der Waals surface area contributed by atoms with Gasteiger partial charge in [-0.05, 0) is 55.4 Å². The second kappa shape index (κ2) is 7.21. The second-order valence-electron chi connectivity index (χ2n) is 10.1. The summed E-state index contributed by atoms with van der Waals surface area (Å²) in [5, 5.41) is 22.6. The molecule has 0 bridgehead atoms. The number of ether oxygens (including phenoxy) is 1. The first-order valence-electron chi connectivity index (χ1n) is 12.1. The van der Waals surface area contributed by atoms with Crippen LogP contribution in [0, 0.1) is 12.7 Å². The van der Waals surface area contributed by atoms with E-state index in [0.717, 1.165) is 22.1 Å². The number of cyclic esters (lactones) is 1. The number of esters is 1. The minimum absolute atomic E-state index is 0.0578. The number of fused-ring (bicyclic) bond motifs is 5. The Morgan fingerprint density at radius 3 is 2.63 bits per heavy atom. The zero-order valence-electron chi connectivity index (χ0n) is 20.0. The van der Waals surface area contributed by atoms with Gasteiger partial charge in [-0.3, -0.25) is 4.79 Å². The van der Waals surface area contributed by atoms with Gasteiger partial charge in [0.2, 0.25) is 0 Å². The molecule has 0 radical (unpaired) electrons. The van der Waals surface area contributed by atoms with Crippen molar-refractivity contribution in [3.8, 4) is 11.4 Å². The molecule has 0 saturated carbocycles. The van der Waals surface area contributed by atoms with Gasteiger partial charge >= 0.3 is 5.97 Å². The van der Waals surface area contributed by atoms with E-state index in [0.29, 0.717) is 41.7 Å². The molecule has 2 atom stereocenters. The molecule has 35 heavy (non-hydrogen) atoms. The van der Waals surface area contributed by atoms with E-state index in [2.05, 4.69) is 0 Å². The fourth-order valence-corrected chi connectivity index (χ4v) is 6.40. The number of hydrogen-bond acceptors (Lipinski definition) is 6. The molecule has 182 valence electrons. The van der Waals surface area contributed by atoms with Crippen LogP contribution in [0.4, 0.5) is 4.39 Å². The maximum atomic E-state index is 14.9. The van der Waals surface area contributed by atoms with Crippen LogP contribution in [0.25, 0.3) is 22.3 Å². The number of nitrogens with zero attached hydrogens (tertiary/aromatic N) is 2. The van der Waals surface area contributed by atoms with Crippen LogP contribution < -0.4 is 5.56 Å². The Bertz CT molecular complexity index is 1520. The largest absolute Gasteiger partial charge is 0.458 e. The summed E-state index contributed by atoms with van der Waals surface area (Å²) in [5.41, 5.74) is 2.51. The van der Waals surface area contributed by atoms with Gasteiger partial charge in [0.25, 0.3) is 5.56 Å². The highest BCUT2D eigenvalue weighted by Gasteiger charge is 2.46. The van der Waals surface area contributed by atoms with Crippen molar-refractivity contribution in [3.63, 3.8) is 0 Å². The van der Waals surface area contributed by atoms with Crippen molar-refractivity contribution >= 4 is 16.9 Å². The molecule has 8 heteroatoms. The number of halogens is 1. The summed E-state index contributed by atoms with van der Waals surface area (Å²) in [7, 11) is 0. The minimum Gasteiger partial charge on any atom is -0.458 e. The highest BCUT2D eigenvalue weighted by Crippen LogP contribution is 2.49. The normalized spacial score (nSPS) is 24.2. The average Bonchev–Trinajstić information content (AvgIpc) is 3.23. The van der Waals surface area contributed by atoms with Crippen LogP contribution in [0.15, 0.2) is 16.9 Å². The van der Waals surface area contributed by atoms with Crippen LogP contribution in [-0.2, 0) is 40.1 Å². The SMILES string of the molecule is CCC1(CO)CCc2c(C)c(F)cc3nc4c(c1c23)Cn1c-4cc2c(c1=O)COC(=O)[C@]2(O)CC. The molecule has 7 nitrogen and oxygen atoms in total. The van der Waals surface area contributed by atoms with Crippen molar-refractivity contribution in [3.05, 3.63) is 61.7 Å². The fourth-order valence-electron chi connectivity index (χ4n) is 6.40. The van der Waals surface area contributed by atoms with E-state index in [9.17, 15) is 24.2 Å². The quantitative estimate of drug-likeness (QED) is 0.439. The molecule has 0 amide bonds. The predicted octanol–water partition coefficient (Wildman–Crippen LogP) is 3.11. The number of hydrogen-bond donors (Lipinski definition) is 2. The summed E-state index contributed by atoms with van der Waals surface area (Å²) in [4.78, 5) is 30.9. The van der Waals surface area contributed by atoms with Crippen molar-refractivity contribution in [1.82, 2.24) is 9.55 Å². The predicted molar refractivity (Wildman–Crippen MR) is 127 cm³/mol. The van der Waals surface area contributed by atoms with E-state index in [-0.39, 0.29) is 48.7 Å². The third-order valence-corrected chi connectivity index (χ3v) is 8.67. The van der Waals surface area contributed by atoms with Gasteiger partial charge in [0.15, 0.2) is 5.60 Å². The Morgan fingerprint density at radius 2 is 1.94 bits per heavy atom. The molecule has 1 unspecified atom stereocenters. The zero-order chi connectivity index (χ0) is 24.9. The number of pyridine rings is 2. The molecule has 4 heterocycles. The Kier molecular flexibility index (Phi) is 4.61. The highest BCUT2D eigenvalue weighted by atomic mass is 19.1. The summed E-state index contributed by atoms with van der Waals surface area (Å²) in [6.45, 7) is 5.46. The number of aryl methyl sites for hydroxylation is 1. The van der Waals surface area contributed by atoms with E-state index < -0.39 is 17.0 Å². The molecule has 1 aromatic carbocycles. The summed E-state index contributed by atoms with van der Waals surface area (Å²) in [6.07, 6.45) is 2.06. The van der Waals surface area contributed by atoms with Gasteiger partial charge in [0, 0.05) is 28.0 Å². The van der Waals surface area contributed by atoms with Gasteiger partial charge in [-0.25, -0.2) is 14.2 Å². The molecule has 3 aromatic rings. The Hall–Kier alpha value is -3.10. The van der Waals surface area contributed by atoms with E-state index in [4.69, 9.17) is 9.72 Å². The van der Waals surface area contributed by atoms with E-state index in [1.165, 1.54) is 6.07 Å². The lowest BCUT2D eigenvalue weighted by Gasteiger charge is -2.38. The Morgan fingerprint density at radius 1 is 1.17 bits per heavy atom. The summed E-state index contributed by atoms with van der Waals surface area (Å²) < 4.78 is 21.7. The second-order valence-corrected chi connectivity index (χ2v) is 10.1. The Balaban J connectivity index is 1.73. The zero-order valence-corrected chi connectivity index (χ0v) is 20.0. The highest BCUT2D eigenvalue weighted by molar-refractivity contribution is 5.94. The first kappa shape index (κ1) is 22.4. The lowest BCUT2D eigenvalue weighted by Crippen LogP contribution is -2.44. The smallest absolute Gasteiger partial charge is 0.343 e. The van der Waals surface area contributed by atoms with Crippen LogP contribution in [0.1, 0.15) is 66.5 Å². The van der Waals surface area contributed by atoms with E-state index in [1.54, 1.807) is 24.5 Å². The number of aromatic nitrogens is 2. The van der Waals surface area contributed by atoms with Gasteiger partial charge in [-0.15, -0.1) is 0 Å². The van der Waals surface area contributed by atoms with Crippen LogP contribution in [0.5, 0.6) is 0 Å². The van der Waals surface area contributed by atoms with Crippen LogP contribution >= 0.6 is 0 Å². The Labute approximate surface area is 201 Å². The summed E-state index contributed by atoms with van der Waals surface area (Å²) >= 11 is 0. The molecule has 2 aliphatic heterocycles. The van der Waals surface area contributed by atoms with Crippen molar-refractivity contribution in [2.45, 2.75) is 70.6 Å². The summed E-state index contributed by atoms with van der Waals surface area (Å²) in [6, 6.07) is 3.10. The molecular formula is C27H27FN2O5. The van der Waals surface area contributed by atoms with Gasteiger partial charge in [0.05, 0.1) is 35.6 Å². The topological polar surface area (TPSA) is 102 Å². The number of carbonyl (C=O) groups is 1.